The van der Waals surface area contributed by atoms with Crippen LogP contribution in [-0.2, 0) is 4.79 Å². The van der Waals surface area contributed by atoms with E-state index in [1.807, 2.05) is 67.6 Å². The summed E-state index contributed by atoms with van der Waals surface area (Å²) in [6, 6.07) is 30.3. The number of nitrogens with zero attached hydrogens (tertiary/aromatic N) is 2. The Kier molecular flexibility index (Phi) is 7.68. The van der Waals surface area contributed by atoms with Gasteiger partial charge in [-0.1, -0.05) is 72.8 Å². The predicted molar refractivity (Wildman–Crippen MR) is 155 cm³/mol. The van der Waals surface area contributed by atoms with Crippen LogP contribution in [-0.4, -0.2) is 43.3 Å². The molecule has 0 aromatic heterocycles. The molecule has 4 aromatic carbocycles. The number of aryl methyl sites for hydroxylation is 1. The number of benzodiazepines with no additional fused rings is 1. The van der Waals surface area contributed by atoms with E-state index >= 15 is 0 Å². The van der Waals surface area contributed by atoms with Crippen molar-refractivity contribution in [3.63, 3.8) is 0 Å². The topological polar surface area (TPSA) is 100 Å². The molecule has 1 aliphatic heterocycles. The van der Waals surface area contributed by atoms with Crippen molar-refractivity contribution in [2.24, 2.45) is 4.99 Å². The van der Waals surface area contributed by atoms with E-state index in [4.69, 9.17) is 9.73 Å². The van der Waals surface area contributed by atoms with Crippen LogP contribution < -0.4 is 20.3 Å². The SMILES string of the molecule is COc1ccccc1C(=O)CN1C(=O)C(NC(=O)Nc2cccc(C)c2)N=C(c2ccccc2)c2ccccc21. The molecule has 0 aliphatic carbocycles. The summed E-state index contributed by atoms with van der Waals surface area (Å²) in [6.45, 7) is 1.65. The lowest BCUT2D eigenvalue weighted by atomic mass is 10.00. The molecule has 200 valence electrons. The summed E-state index contributed by atoms with van der Waals surface area (Å²) >= 11 is 0. The number of para-hydroxylation sites is 2. The normalized spacial score (nSPS) is 14.4. The van der Waals surface area contributed by atoms with E-state index in [9.17, 15) is 14.4 Å². The molecular formula is C32H28N4O4. The van der Waals surface area contributed by atoms with E-state index in [1.165, 1.54) is 12.0 Å². The maximum absolute atomic E-state index is 14.0. The van der Waals surface area contributed by atoms with Gasteiger partial charge in [0, 0.05) is 16.8 Å². The van der Waals surface area contributed by atoms with Gasteiger partial charge >= 0.3 is 6.03 Å². The summed E-state index contributed by atoms with van der Waals surface area (Å²) in [5.74, 6) is -0.441. The van der Waals surface area contributed by atoms with Crippen molar-refractivity contribution < 1.29 is 19.1 Å². The zero-order chi connectivity index (χ0) is 28.1. The summed E-state index contributed by atoms with van der Waals surface area (Å²) in [5.41, 5.74) is 4.39. The molecule has 0 fully saturated rings. The maximum atomic E-state index is 14.0. The number of urea groups is 1. The van der Waals surface area contributed by atoms with Gasteiger partial charge in [-0.05, 0) is 42.8 Å². The Morgan fingerprint density at radius 3 is 2.40 bits per heavy atom. The van der Waals surface area contributed by atoms with Gasteiger partial charge in [0.25, 0.3) is 5.91 Å². The molecule has 4 aromatic rings. The maximum Gasteiger partial charge on any atom is 0.321 e. The first-order chi connectivity index (χ1) is 19.4. The van der Waals surface area contributed by atoms with Crippen LogP contribution in [0, 0.1) is 6.92 Å². The number of anilines is 2. The fourth-order valence-corrected chi connectivity index (χ4v) is 4.63. The molecule has 0 saturated carbocycles. The number of amides is 3. The molecule has 2 N–H and O–H groups in total. The van der Waals surface area contributed by atoms with E-state index in [2.05, 4.69) is 10.6 Å². The second-order valence-electron chi connectivity index (χ2n) is 9.28. The number of benzene rings is 4. The van der Waals surface area contributed by atoms with Gasteiger partial charge in [-0.2, -0.15) is 0 Å². The molecule has 0 saturated heterocycles. The van der Waals surface area contributed by atoms with Crippen molar-refractivity contribution >= 4 is 34.8 Å². The Morgan fingerprint density at radius 1 is 0.900 bits per heavy atom. The third-order valence-electron chi connectivity index (χ3n) is 6.51. The average molecular weight is 533 g/mol. The van der Waals surface area contributed by atoms with Crippen LogP contribution in [0.1, 0.15) is 27.0 Å². The van der Waals surface area contributed by atoms with Gasteiger partial charge in [-0.3, -0.25) is 9.59 Å². The molecule has 8 heteroatoms. The smallest absolute Gasteiger partial charge is 0.321 e. The predicted octanol–water partition coefficient (Wildman–Crippen LogP) is 5.22. The zero-order valence-electron chi connectivity index (χ0n) is 22.1. The molecule has 5 rings (SSSR count). The zero-order valence-corrected chi connectivity index (χ0v) is 22.1. The highest BCUT2D eigenvalue weighted by Gasteiger charge is 2.34. The number of carbonyl (C=O) groups is 3. The third kappa shape index (κ3) is 5.61. The number of ketones is 1. The highest BCUT2D eigenvalue weighted by atomic mass is 16.5. The van der Waals surface area contributed by atoms with Crippen LogP contribution in [0.4, 0.5) is 16.2 Å². The minimum atomic E-state index is -1.29. The number of methoxy groups -OCH3 is 1. The summed E-state index contributed by atoms with van der Waals surface area (Å²) in [6.07, 6.45) is -1.29. The van der Waals surface area contributed by atoms with Crippen LogP contribution in [0.5, 0.6) is 5.75 Å². The number of rotatable bonds is 7. The summed E-state index contributed by atoms with van der Waals surface area (Å²) in [4.78, 5) is 46.7. The Hall–Kier alpha value is -5.24. The molecule has 0 bridgehead atoms. The van der Waals surface area contributed by atoms with Crippen molar-refractivity contribution in [1.82, 2.24) is 5.32 Å². The fraction of sp³-hybridized carbons (Fsp3) is 0.125. The van der Waals surface area contributed by atoms with Crippen LogP contribution in [0.3, 0.4) is 0 Å². The van der Waals surface area contributed by atoms with Crippen molar-refractivity contribution in [1.29, 1.82) is 0 Å². The van der Waals surface area contributed by atoms with Gasteiger partial charge in [-0.25, -0.2) is 9.79 Å². The fourth-order valence-electron chi connectivity index (χ4n) is 4.63. The molecule has 40 heavy (non-hydrogen) atoms. The van der Waals surface area contributed by atoms with Crippen LogP contribution >= 0.6 is 0 Å². The second-order valence-corrected chi connectivity index (χ2v) is 9.28. The highest BCUT2D eigenvalue weighted by molar-refractivity contribution is 6.21. The number of Topliss-reactive ketones (excluding diaryl/α,β-unsaturated/α-hetero) is 1. The van der Waals surface area contributed by atoms with Crippen molar-refractivity contribution in [2.75, 3.05) is 23.9 Å². The summed E-state index contributed by atoms with van der Waals surface area (Å²) < 4.78 is 5.38. The van der Waals surface area contributed by atoms with Gasteiger partial charge in [0.1, 0.15) is 5.75 Å². The molecule has 3 amide bonds. The van der Waals surface area contributed by atoms with E-state index < -0.39 is 18.1 Å². The van der Waals surface area contributed by atoms with Gasteiger partial charge < -0.3 is 20.3 Å². The Bertz CT molecular complexity index is 1600. The Balaban J connectivity index is 1.54. The summed E-state index contributed by atoms with van der Waals surface area (Å²) in [7, 11) is 1.49. The molecule has 8 nitrogen and oxygen atoms in total. The number of nitrogens with one attached hydrogen (secondary N) is 2. The molecule has 1 atom stereocenters. The number of ether oxygens (including phenoxy) is 1. The van der Waals surface area contributed by atoms with Crippen LogP contribution in [0.15, 0.2) is 108 Å². The van der Waals surface area contributed by atoms with E-state index in [0.29, 0.717) is 34.0 Å². The third-order valence-corrected chi connectivity index (χ3v) is 6.51. The Labute approximate surface area is 232 Å². The monoisotopic (exact) mass is 532 g/mol. The average Bonchev–Trinajstić information content (AvgIpc) is 3.08. The first-order valence-corrected chi connectivity index (χ1v) is 12.8. The summed E-state index contributed by atoms with van der Waals surface area (Å²) in [5, 5.41) is 5.48. The first-order valence-electron chi connectivity index (χ1n) is 12.8. The minimum absolute atomic E-state index is 0.272. The number of carbonyl (C=O) groups excluding carboxylic acids is 3. The Morgan fingerprint density at radius 2 is 1.62 bits per heavy atom. The van der Waals surface area contributed by atoms with Gasteiger partial charge in [0.2, 0.25) is 6.17 Å². The molecule has 1 aliphatic rings. The van der Waals surface area contributed by atoms with Crippen LogP contribution in [0.25, 0.3) is 0 Å². The minimum Gasteiger partial charge on any atom is -0.496 e. The second kappa shape index (κ2) is 11.7. The van der Waals surface area contributed by atoms with Crippen molar-refractivity contribution in [2.45, 2.75) is 13.1 Å². The lowest BCUT2D eigenvalue weighted by Crippen LogP contribution is -2.50. The lowest BCUT2D eigenvalue weighted by Gasteiger charge is -2.25. The number of aliphatic imine (C=N–C) groups is 1. The van der Waals surface area contributed by atoms with Gasteiger partial charge in [0.15, 0.2) is 5.78 Å². The van der Waals surface area contributed by atoms with E-state index in [-0.39, 0.29) is 12.3 Å². The highest BCUT2D eigenvalue weighted by Crippen LogP contribution is 2.29. The van der Waals surface area contributed by atoms with Crippen molar-refractivity contribution in [3.8, 4) is 5.75 Å². The van der Waals surface area contributed by atoms with Crippen LogP contribution in [0.2, 0.25) is 0 Å². The number of fused-ring (bicyclic) bond motifs is 1. The lowest BCUT2D eigenvalue weighted by molar-refractivity contribution is -0.120. The molecule has 1 heterocycles. The first kappa shape index (κ1) is 26.4. The van der Waals surface area contributed by atoms with E-state index in [1.54, 1.807) is 42.5 Å². The van der Waals surface area contributed by atoms with E-state index in [0.717, 1.165) is 11.1 Å². The molecule has 0 spiro atoms. The van der Waals surface area contributed by atoms with Gasteiger partial charge in [0.05, 0.1) is 30.6 Å². The van der Waals surface area contributed by atoms with Gasteiger partial charge in [-0.15, -0.1) is 0 Å². The standard InChI is InChI=1S/C32H28N4O4/c1-21-11-10-14-23(19-21)33-32(39)35-30-31(38)36(20-27(37)25-16-7-9-18-28(25)40-2)26-17-8-6-15-24(26)29(34-30)22-12-4-3-5-13-22/h3-19,30H,20H2,1-2H3,(H2,33,35,39). The molecule has 1 unspecified atom stereocenters. The largest absolute Gasteiger partial charge is 0.496 e. The number of hydrogen-bond donors (Lipinski definition) is 2. The molecule has 0 radical (unpaired) electrons. The number of hydrogen-bond acceptors (Lipinski definition) is 5. The van der Waals surface area contributed by atoms with Crippen molar-refractivity contribution in [3.05, 3.63) is 125 Å². The molecular weight excluding hydrogens is 504 g/mol. The quantitative estimate of drug-likeness (QED) is 0.319.